The van der Waals surface area contributed by atoms with Crippen molar-refractivity contribution >= 4 is 27.8 Å². The number of aryl methyl sites for hydroxylation is 1. The number of hydrogen-bond acceptors (Lipinski definition) is 0. The summed E-state index contributed by atoms with van der Waals surface area (Å²) in [6.45, 7) is 2.21. The molecule has 0 bridgehead atoms. The zero-order valence-corrected chi connectivity index (χ0v) is 12.1. The van der Waals surface area contributed by atoms with E-state index in [1.54, 1.807) is 0 Å². The molecule has 0 radical (unpaired) electrons. The van der Waals surface area contributed by atoms with Crippen LogP contribution < -0.4 is 10.6 Å². The Bertz CT molecular complexity index is 451. The molecule has 0 nitrogen and oxygen atoms in total. The molecule has 0 N–H and O–H groups in total. The summed E-state index contributed by atoms with van der Waals surface area (Å²) in [7, 11) is 1.92. The predicted molar refractivity (Wildman–Crippen MR) is 83.3 cm³/mol. The van der Waals surface area contributed by atoms with Gasteiger partial charge >= 0.3 is 0 Å². The maximum atomic E-state index is 2.26. The summed E-state index contributed by atoms with van der Waals surface area (Å²) in [6, 6.07) is 19.6. The van der Waals surface area contributed by atoms with Crippen LogP contribution in [0.1, 0.15) is 5.56 Å². The van der Waals surface area contributed by atoms with Crippen LogP contribution in [0.4, 0.5) is 0 Å². The lowest BCUT2D eigenvalue weighted by Gasteiger charge is -2.05. The highest BCUT2D eigenvalue weighted by molar-refractivity contribution is 7.51. The Balaban J connectivity index is 1.76. The molecule has 0 aliphatic carbocycles. The van der Waals surface area contributed by atoms with Gasteiger partial charge in [-0.05, 0) is 35.4 Å². The summed E-state index contributed by atoms with van der Waals surface area (Å²) >= 11 is 0. The molecule has 0 amide bonds. The van der Waals surface area contributed by atoms with Crippen molar-refractivity contribution in [2.24, 2.45) is 0 Å². The first-order valence-electron chi connectivity index (χ1n) is 5.95. The molecule has 2 rings (SSSR count). The van der Waals surface area contributed by atoms with Crippen molar-refractivity contribution in [1.82, 2.24) is 0 Å². The zero-order valence-electron chi connectivity index (χ0n) is 10.1. The normalized spacial score (nSPS) is 11.8. The third-order valence-electron chi connectivity index (χ3n) is 2.69. The molecule has 0 aliphatic rings. The molecule has 17 heavy (non-hydrogen) atoms. The van der Waals surface area contributed by atoms with Gasteiger partial charge in [0, 0.05) is 0 Å². The number of benzene rings is 2. The van der Waals surface area contributed by atoms with Crippen molar-refractivity contribution in [2.45, 2.75) is 6.92 Å². The third kappa shape index (κ3) is 4.23. The molecule has 2 heteroatoms. The zero-order chi connectivity index (χ0) is 11.9. The molecule has 0 saturated heterocycles. The van der Waals surface area contributed by atoms with Crippen LogP contribution in [0, 0.1) is 6.92 Å². The Kier molecular flexibility index (Phi) is 5.17. The van der Waals surface area contributed by atoms with Crippen LogP contribution >= 0.6 is 17.2 Å². The average molecular weight is 260 g/mol. The van der Waals surface area contributed by atoms with Crippen LogP contribution in [0.3, 0.4) is 0 Å². The highest BCUT2D eigenvalue weighted by Crippen LogP contribution is 2.18. The van der Waals surface area contributed by atoms with Crippen LogP contribution in [0.2, 0.25) is 0 Å². The van der Waals surface area contributed by atoms with Gasteiger partial charge in [-0.2, -0.15) is 0 Å². The smallest absolute Gasteiger partial charge is 0.0242 e. The minimum atomic E-state index is 0.960. The van der Waals surface area contributed by atoms with E-state index in [9.17, 15) is 0 Å². The van der Waals surface area contributed by atoms with Gasteiger partial charge in [0.1, 0.15) is 0 Å². The van der Waals surface area contributed by atoms with E-state index in [4.69, 9.17) is 0 Å². The molecular formula is C15H18P2. The summed E-state index contributed by atoms with van der Waals surface area (Å²) in [5.74, 6) is 0. The lowest BCUT2D eigenvalue weighted by molar-refractivity contribution is 1.50. The van der Waals surface area contributed by atoms with Gasteiger partial charge in [0.25, 0.3) is 0 Å². The summed E-state index contributed by atoms with van der Waals surface area (Å²) in [4.78, 5) is 0. The second-order valence-corrected chi connectivity index (χ2v) is 6.86. The number of hydrogen-bond donors (Lipinski definition) is 0. The second kappa shape index (κ2) is 6.90. The fourth-order valence-electron chi connectivity index (χ4n) is 1.73. The van der Waals surface area contributed by atoms with Crippen LogP contribution in [0.5, 0.6) is 0 Å². The average Bonchev–Trinajstić information content (AvgIpc) is 2.38. The molecule has 0 aromatic heterocycles. The molecule has 0 fully saturated rings. The molecule has 2 unspecified atom stereocenters. The van der Waals surface area contributed by atoms with Crippen LogP contribution in [-0.4, -0.2) is 12.3 Å². The molecule has 2 aromatic carbocycles. The first kappa shape index (κ1) is 12.7. The SMILES string of the molecule is Cc1ccccc1PCCPc1ccccc1. The molecule has 2 aromatic rings. The highest BCUT2D eigenvalue weighted by Gasteiger charge is 1.97. The van der Waals surface area contributed by atoms with Gasteiger partial charge in [0.05, 0.1) is 0 Å². The standard InChI is InChI=1S/C15H18P2/c1-13-7-5-6-10-15(13)17-12-11-16-14-8-3-2-4-9-14/h2-10,16-17H,11-12H2,1H3. The molecule has 2 atom stereocenters. The van der Waals surface area contributed by atoms with Crippen molar-refractivity contribution in [3.05, 3.63) is 60.2 Å². The summed E-state index contributed by atoms with van der Waals surface area (Å²) in [5, 5.41) is 3.02. The van der Waals surface area contributed by atoms with E-state index in [-0.39, 0.29) is 0 Å². The van der Waals surface area contributed by atoms with E-state index >= 15 is 0 Å². The maximum Gasteiger partial charge on any atom is -0.0242 e. The van der Waals surface area contributed by atoms with Gasteiger partial charge in [0.2, 0.25) is 0 Å². The molecule has 88 valence electrons. The van der Waals surface area contributed by atoms with E-state index in [1.807, 2.05) is 0 Å². The van der Waals surface area contributed by atoms with E-state index in [2.05, 4.69) is 61.5 Å². The molecule has 0 saturated carbocycles. The van der Waals surface area contributed by atoms with Crippen molar-refractivity contribution in [3.63, 3.8) is 0 Å². The largest absolute Gasteiger partial charge is 0.0900 e. The first-order chi connectivity index (χ1) is 8.36. The minimum absolute atomic E-state index is 0.960. The van der Waals surface area contributed by atoms with Gasteiger partial charge in [0.15, 0.2) is 0 Å². The van der Waals surface area contributed by atoms with Gasteiger partial charge in [-0.1, -0.05) is 71.8 Å². The van der Waals surface area contributed by atoms with Crippen molar-refractivity contribution < 1.29 is 0 Å². The van der Waals surface area contributed by atoms with E-state index < -0.39 is 0 Å². The molecule has 0 spiro atoms. The van der Waals surface area contributed by atoms with E-state index in [1.165, 1.54) is 28.5 Å². The fraction of sp³-hybridized carbons (Fsp3) is 0.200. The lowest BCUT2D eigenvalue weighted by atomic mass is 10.2. The van der Waals surface area contributed by atoms with Gasteiger partial charge < -0.3 is 0 Å². The van der Waals surface area contributed by atoms with Gasteiger partial charge in [-0.25, -0.2) is 0 Å². The Morgan fingerprint density at radius 1 is 0.765 bits per heavy atom. The summed E-state index contributed by atoms with van der Waals surface area (Å²) < 4.78 is 0. The fourth-order valence-corrected chi connectivity index (χ4v) is 4.29. The summed E-state index contributed by atoms with van der Waals surface area (Å²) in [6.07, 6.45) is 2.63. The topological polar surface area (TPSA) is 0 Å². The highest BCUT2D eigenvalue weighted by atomic mass is 31.1. The van der Waals surface area contributed by atoms with Gasteiger partial charge in [-0.15, -0.1) is 0 Å². The quantitative estimate of drug-likeness (QED) is 0.571. The Hall–Kier alpha value is -0.700. The number of rotatable bonds is 5. The third-order valence-corrected chi connectivity index (χ3v) is 5.87. The minimum Gasteiger partial charge on any atom is -0.0900 e. The van der Waals surface area contributed by atoms with Crippen molar-refractivity contribution in [2.75, 3.05) is 12.3 Å². The van der Waals surface area contributed by atoms with Crippen LogP contribution in [-0.2, 0) is 0 Å². The monoisotopic (exact) mass is 260 g/mol. The molecule has 0 heterocycles. The van der Waals surface area contributed by atoms with Crippen molar-refractivity contribution in [3.8, 4) is 0 Å². The van der Waals surface area contributed by atoms with E-state index in [0.29, 0.717) is 0 Å². The van der Waals surface area contributed by atoms with Crippen molar-refractivity contribution in [1.29, 1.82) is 0 Å². The Morgan fingerprint density at radius 2 is 1.41 bits per heavy atom. The van der Waals surface area contributed by atoms with Crippen LogP contribution in [0.25, 0.3) is 0 Å². The van der Waals surface area contributed by atoms with E-state index in [0.717, 1.165) is 17.2 Å². The maximum absolute atomic E-state index is 2.26. The predicted octanol–water partition coefficient (Wildman–Crippen LogP) is 3.30. The van der Waals surface area contributed by atoms with Crippen LogP contribution in [0.15, 0.2) is 54.6 Å². The molecular weight excluding hydrogens is 242 g/mol. The van der Waals surface area contributed by atoms with Gasteiger partial charge in [-0.3, -0.25) is 0 Å². The lowest BCUT2D eigenvalue weighted by Crippen LogP contribution is -2.01. The Morgan fingerprint density at radius 3 is 2.18 bits per heavy atom. The summed E-state index contributed by atoms with van der Waals surface area (Å²) in [5.41, 5.74) is 1.44. The second-order valence-electron chi connectivity index (χ2n) is 4.03. The Labute approximate surface area is 107 Å². The first-order valence-corrected chi connectivity index (χ1v) is 8.36. The molecule has 0 aliphatic heterocycles.